The molecule has 0 saturated carbocycles. The molecule has 0 aliphatic rings. The van der Waals surface area contributed by atoms with Crippen LogP contribution in [-0.4, -0.2) is 12.5 Å². The second kappa shape index (κ2) is 6.58. The maximum Gasteiger partial charge on any atom is 0.251 e. The summed E-state index contributed by atoms with van der Waals surface area (Å²) in [5.74, 6) is 0.0308. The van der Waals surface area contributed by atoms with Crippen LogP contribution in [0.2, 0.25) is 0 Å². The second-order valence-electron chi connectivity index (χ2n) is 6.05. The van der Waals surface area contributed by atoms with Crippen LogP contribution < -0.4 is 5.32 Å². The molecule has 100 valence electrons. The van der Waals surface area contributed by atoms with E-state index in [9.17, 15) is 4.79 Å². The Morgan fingerprint density at radius 2 is 2.00 bits per heavy atom. The highest BCUT2D eigenvalue weighted by atomic mass is 16.1. The maximum atomic E-state index is 12.0. The third-order valence-corrected chi connectivity index (χ3v) is 2.79. The van der Waals surface area contributed by atoms with Crippen LogP contribution in [0.1, 0.15) is 56.5 Å². The van der Waals surface area contributed by atoms with Crippen molar-refractivity contribution >= 4 is 5.91 Å². The zero-order valence-electron chi connectivity index (χ0n) is 12.0. The molecule has 0 unspecified atom stereocenters. The van der Waals surface area contributed by atoms with Crippen LogP contribution in [0.3, 0.4) is 0 Å². The van der Waals surface area contributed by atoms with Gasteiger partial charge in [0.2, 0.25) is 0 Å². The third kappa shape index (κ3) is 5.35. The molecule has 0 fully saturated rings. The monoisotopic (exact) mass is 247 g/mol. The molecule has 2 heteroatoms. The number of hydrogen-bond acceptors (Lipinski definition) is 1. The number of nitrogens with one attached hydrogen (secondary N) is 1. The first-order valence-corrected chi connectivity index (χ1v) is 6.79. The molecule has 0 aromatic heterocycles. The first kappa shape index (κ1) is 14.7. The topological polar surface area (TPSA) is 29.1 Å². The summed E-state index contributed by atoms with van der Waals surface area (Å²) in [5, 5.41) is 2.98. The van der Waals surface area contributed by atoms with Crippen LogP contribution in [-0.2, 0) is 6.42 Å². The van der Waals surface area contributed by atoms with E-state index in [2.05, 4.69) is 39.1 Å². The molecule has 1 N–H and O–H groups in total. The molecule has 0 bridgehead atoms. The molecule has 1 amide bonds. The predicted molar refractivity (Wildman–Crippen MR) is 76.8 cm³/mol. The van der Waals surface area contributed by atoms with Gasteiger partial charge in [0.15, 0.2) is 0 Å². The smallest absolute Gasteiger partial charge is 0.251 e. The molecule has 0 saturated heterocycles. The van der Waals surface area contributed by atoms with E-state index in [-0.39, 0.29) is 11.3 Å². The molecule has 0 heterocycles. The van der Waals surface area contributed by atoms with Gasteiger partial charge in [0.1, 0.15) is 0 Å². The van der Waals surface area contributed by atoms with Crippen LogP contribution in [0, 0.1) is 5.41 Å². The molecular formula is C16H25NO. The van der Waals surface area contributed by atoms with Crippen molar-refractivity contribution in [2.75, 3.05) is 6.54 Å². The Kier molecular flexibility index (Phi) is 5.39. The maximum absolute atomic E-state index is 12.0. The largest absolute Gasteiger partial charge is 0.352 e. The number of hydrogen-bond donors (Lipinski definition) is 1. The highest BCUT2D eigenvalue weighted by Gasteiger charge is 2.13. The van der Waals surface area contributed by atoms with E-state index in [0.29, 0.717) is 6.54 Å². The molecular weight excluding hydrogens is 222 g/mol. The lowest BCUT2D eigenvalue weighted by atomic mass is 9.97. The average Bonchev–Trinajstić information content (AvgIpc) is 2.33. The van der Waals surface area contributed by atoms with Crippen molar-refractivity contribution < 1.29 is 4.79 Å². The first-order valence-electron chi connectivity index (χ1n) is 6.79. The molecule has 1 aromatic rings. The number of carbonyl (C=O) groups is 1. The lowest BCUT2D eigenvalue weighted by molar-refractivity contribution is 0.0939. The van der Waals surface area contributed by atoms with Gasteiger partial charge in [0.25, 0.3) is 5.91 Å². The summed E-state index contributed by atoms with van der Waals surface area (Å²) in [5.41, 5.74) is 2.14. The zero-order chi connectivity index (χ0) is 13.6. The summed E-state index contributed by atoms with van der Waals surface area (Å²) in [4.78, 5) is 12.0. The molecule has 0 radical (unpaired) electrons. The van der Waals surface area contributed by atoms with Crippen LogP contribution in [0.15, 0.2) is 24.3 Å². The summed E-state index contributed by atoms with van der Waals surface area (Å²) in [6, 6.07) is 7.95. The van der Waals surface area contributed by atoms with E-state index in [1.54, 1.807) is 0 Å². The summed E-state index contributed by atoms with van der Waals surface area (Å²) >= 11 is 0. The van der Waals surface area contributed by atoms with Gasteiger partial charge in [0.05, 0.1) is 0 Å². The number of carbonyl (C=O) groups excluding carboxylic acids is 1. The van der Waals surface area contributed by atoms with Gasteiger partial charge < -0.3 is 5.32 Å². The van der Waals surface area contributed by atoms with Crippen LogP contribution in [0.5, 0.6) is 0 Å². The van der Waals surface area contributed by atoms with E-state index < -0.39 is 0 Å². The summed E-state index contributed by atoms with van der Waals surface area (Å²) in [6.45, 7) is 9.23. The van der Waals surface area contributed by atoms with E-state index in [1.807, 2.05) is 18.2 Å². The molecule has 0 spiro atoms. The Morgan fingerprint density at radius 1 is 1.28 bits per heavy atom. The average molecular weight is 247 g/mol. The van der Waals surface area contributed by atoms with E-state index in [1.165, 1.54) is 18.4 Å². The normalized spacial score (nSPS) is 11.3. The number of aryl methyl sites for hydroxylation is 1. The lowest BCUT2D eigenvalue weighted by Crippen LogP contribution is -2.32. The van der Waals surface area contributed by atoms with Gasteiger partial charge in [-0.3, -0.25) is 4.79 Å². The van der Waals surface area contributed by atoms with E-state index in [0.717, 1.165) is 12.0 Å². The van der Waals surface area contributed by atoms with Crippen LogP contribution >= 0.6 is 0 Å². The zero-order valence-corrected chi connectivity index (χ0v) is 12.0. The minimum atomic E-state index is 0.0308. The van der Waals surface area contributed by atoms with Crippen molar-refractivity contribution in [3.05, 3.63) is 35.4 Å². The fourth-order valence-corrected chi connectivity index (χ4v) is 1.70. The van der Waals surface area contributed by atoms with Crippen molar-refractivity contribution in [2.24, 2.45) is 5.41 Å². The van der Waals surface area contributed by atoms with Crippen molar-refractivity contribution in [3.63, 3.8) is 0 Å². The van der Waals surface area contributed by atoms with Gasteiger partial charge >= 0.3 is 0 Å². The Labute approximate surface area is 111 Å². The lowest BCUT2D eigenvalue weighted by Gasteiger charge is -2.18. The molecule has 0 aliphatic heterocycles. The summed E-state index contributed by atoms with van der Waals surface area (Å²) in [7, 11) is 0. The van der Waals surface area contributed by atoms with E-state index in [4.69, 9.17) is 0 Å². The van der Waals surface area contributed by atoms with Gasteiger partial charge in [-0.15, -0.1) is 0 Å². The van der Waals surface area contributed by atoms with Gasteiger partial charge in [0, 0.05) is 12.1 Å². The van der Waals surface area contributed by atoms with Crippen LogP contribution in [0.4, 0.5) is 0 Å². The number of amides is 1. The van der Waals surface area contributed by atoms with Crippen molar-refractivity contribution in [1.29, 1.82) is 0 Å². The second-order valence-corrected chi connectivity index (χ2v) is 6.05. The molecule has 0 aliphatic carbocycles. The number of benzene rings is 1. The quantitative estimate of drug-likeness (QED) is 0.842. The number of unbranched alkanes of at least 4 members (excludes halogenated alkanes) is 1. The first-order chi connectivity index (χ1) is 8.42. The molecule has 18 heavy (non-hydrogen) atoms. The minimum Gasteiger partial charge on any atom is -0.352 e. The highest BCUT2D eigenvalue weighted by Crippen LogP contribution is 2.12. The summed E-state index contributed by atoms with van der Waals surface area (Å²) < 4.78 is 0. The molecule has 1 rings (SSSR count). The van der Waals surface area contributed by atoms with Crippen LogP contribution in [0.25, 0.3) is 0 Å². The minimum absolute atomic E-state index is 0.0308. The van der Waals surface area contributed by atoms with Gasteiger partial charge in [-0.2, -0.15) is 0 Å². The van der Waals surface area contributed by atoms with Gasteiger partial charge in [-0.1, -0.05) is 46.2 Å². The molecule has 1 aromatic carbocycles. The number of rotatable bonds is 5. The Balaban J connectivity index is 2.62. The fourth-order valence-electron chi connectivity index (χ4n) is 1.70. The molecule has 0 atom stereocenters. The van der Waals surface area contributed by atoms with E-state index >= 15 is 0 Å². The van der Waals surface area contributed by atoms with Crippen molar-refractivity contribution in [1.82, 2.24) is 5.32 Å². The third-order valence-electron chi connectivity index (χ3n) is 2.79. The fraction of sp³-hybridized carbons (Fsp3) is 0.562. The van der Waals surface area contributed by atoms with Gasteiger partial charge in [-0.05, 0) is 36.0 Å². The van der Waals surface area contributed by atoms with Crippen molar-refractivity contribution in [2.45, 2.75) is 47.0 Å². The SMILES string of the molecule is CCCCc1cccc(C(=O)NCC(C)(C)C)c1. The van der Waals surface area contributed by atoms with Crippen molar-refractivity contribution in [3.8, 4) is 0 Å². The Morgan fingerprint density at radius 3 is 2.61 bits per heavy atom. The highest BCUT2D eigenvalue weighted by molar-refractivity contribution is 5.94. The standard InChI is InChI=1S/C16H25NO/c1-5-6-8-13-9-7-10-14(11-13)15(18)17-12-16(2,3)4/h7,9-11H,5-6,8,12H2,1-4H3,(H,17,18). The molecule has 2 nitrogen and oxygen atoms in total. The van der Waals surface area contributed by atoms with Gasteiger partial charge in [-0.25, -0.2) is 0 Å². The summed E-state index contributed by atoms with van der Waals surface area (Å²) in [6.07, 6.45) is 3.41. The predicted octanol–water partition coefficient (Wildman–Crippen LogP) is 3.81. The Hall–Kier alpha value is -1.31. The Bertz CT molecular complexity index is 390.